The lowest BCUT2D eigenvalue weighted by Gasteiger charge is -2.32. The van der Waals surface area contributed by atoms with E-state index in [1.165, 1.54) is 0 Å². The Hall–Kier alpha value is -0.130. The molecule has 1 rings (SSSR count). The van der Waals surface area contributed by atoms with E-state index in [1.807, 2.05) is 20.9 Å². The van der Waals surface area contributed by atoms with Gasteiger partial charge in [0.1, 0.15) is 0 Å². The summed E-state index contributed by atoms with van der Waals surface area (Å²) in [6, 6.07) is 0. The molecule has 0 spiro atoms. The van der Waals surface area contributed by atoms with Crippen molar-refractivity contribution in [2.75, 3.05) is 33.2 Å². The van der Waals surface area contributed by atoms with E-state index in [0.29, 0.717) is 13.1 Å². The average Bonchev–Trinajstić information content (AvgIpc) is 2.21. The van der Waals surface area contributed by atoms with Crippen LogP contribution in [0.4, 0.5) is 0 Å². The molecule has 1 saturated heterocycles. The largest absolute Gasteiger partial charge is 0.304 e. The van der Waals surface area contributed by atoms with Gasteiger partial charge in [-0.3, -0.25) is 0 Å². The molecule has 0 radical (unpaired) electrons. The highest BCUT2D eigenvalue weighted by atomic mass is 32.2. The quantitative estimate of drug-likeness (QED) is 0.718. The average molecular weight is 236 g/mol. The predicted octanol–water partition coefficient (Wildman–Crippen LogP) is 0.998. The lowest BCUT2D eigenvalue weighted by atomic mass is 10.4. The zero-order chi connectivity index (χ0) is 12.1. The number of rotatable bonds is 2. The van der Waals surface area contributed by atoms with Crippen molar-refractivity contribution in [1.82, 2.24) is 9.21 Å². The molecule has 15 heavy (non-hydrogen) atoms. The van der Waals surface area contributed by atoms with Crippen LogP contribution in [0.25, 0.3) is 0 Å². The Bertz CT molecular complexity index is 255. The highest BCUT2D eigenvalue weighted by molar-refractivity contribution is 7.89. The summed E-state index contributed by atoms with van der Waals surface area (Å²) in [7, 11) is -1.00. The van der Waals surface area contributed by atoms with Crippen molar-refractivity contribution in [1.29, 1.82) is 0 Å². The van der Waals surface area contributed by atoms with E-state index in [2.05, 4.69) is 4.90 Å². The first-order valence-electron chi connectivity index (χ1n) is 5.62. The van der Waals surface area contributed by atoms with Crippen LogP contribution in [0.5, 0.6) is 0 Å². The van der Waals surface area contributed by atoms with E-state index in [4.69, 9.17) is 0 Å². The Labute approximate surface area is 94.3 Å². The van der Waals surface area contributed by atoms with Gasteiger partial charge in [0, 0.05) is 26.2 Å². The van der Waals surface area contributed by atoms with E-state index in [9.17, 15) is 8.42 Å². The summed E-state index contributed by atoms with van der Waals surface area (Å²) in [4.78, 5) is 2.15. The molecule has 92 valence electrons. The van der Waals surface area contributed by atoms with Gasteiger partial charge < -0.3 is 4.90 Å². The lowest BCUT2D eigenvalue weighted by Crippen LogP contribution is -2.49. The number of nitrogens with zero attached hydrogens (tertiary/aromatic N) is 2. The molecule has 0 bridgehead atoms. The van der Waals surface area contributed by atoms with Gasteiger partial charge in [0.15, 0.2) is 0 Å². The molecule has 1 aliphatic heterocycles. The van der Waals surface area contributed by atoms with Crippen LogP contribution in [0.2, 0.25) is 0 Å². The fraction of sp³-hybridized carbons (Fsp3) is 1.00. The molecule has 0 aromatic rings. The molecule has 0 aromatic heterocycles. The molecule has 4 nitrogen and oxygen atoms in total. The molecule has 0 atom stereocenters. The summed E-state index contributed by atoms with van der Waals surface area (Å²) >= 11 is 0. The minimum atomic E-state index is -3.02. The van der Waals surface area contributed by atoms with E-state index in [0.717, 1.165) is 13.1 Å². The Kier molecular flexibility index (Phi) is 6.40. The molecule has 0 unspecified atom stereocenters. The van der Waals surface area contributed by atoms with Crippen LogP contribution >= 0.6 is 0 Å². The van der Waals surface area contributed by atoms with Gasteiger partial charge in [-0.05, 0) is 20.9 Å². The van der Waals surface area contributed by atoms with Gasteiger partial charge in [-0.1, -0.05) is 13.8 Å². The highest BCUT2D eigenvalue weighted by Crippen LogP contribution is 2.10. The van der Waals surface area contributed by atoms with Crippen molar-refractivity contribution in [2.24, 2.45) is 0 Å². The number of sulfonamides is 1. The van der Waals surface area contributed by atoms with Crippen LogP contribution < -0.4 is 0 Å². The summed E-state index contributed by atoms with van der Waals surface area (Å²) < 4.78 is 25.0. The highest BCUT2D eigenvalue weighted by Gasteiger charge is 2.27. The third-order valence-electron chi connectivity index (χ3n) is 2.42. The second-order valence-electron chi connectivity index (χ2n) is 3.80. The van der Waals surface area contributed by atoms with Crippen molar-refractivity contribution < 1.29 is 8.42 Å². The second kappa shape index (κ2) is 6.45. The van der Waals surface area contributed by atoms with Crippen LogP contribution in [0.3, 0.4) is 0 Å². The summed E-state index contributed by atoms with van der Waals surface area (Å²) in [5.41, 5.74) is 0. The fourth-order valence-electron chi connectivity index (χ4n) is 1.34. The standard InChI is InChI=1S/C8H18N2O2S.C2H6/c1-8(2)13(11,12)10-6-4-9(3)5-7-10;1-2/h8H,4-7H2,1-3H3;1-2H3. The van der Waals surface area contributed by atoms with Crippen LogP contribution in [-0.4, -0.2) is 56.1 Å². The molecule has 1 fully saturated rings. The maximum absolute atomic E-state index is 11.7. The number of hydrogen-bond acceptors (Lipinski definition) is 3. The third-order valence-corrected chi connectivity index (χ3v) is 4.69. The molecule has 0 aromatic carbocycles. The van der Waals surface area contributed by atoms with Crippen molar-refractivity contribution in [2.45, 2.75) is 32.9 Å². The first-order chi connectivity index (χ1) is 6.94. The van der Waals surface area contributed by atoms with Gasteiger partial charge in [0.05, 0.1) is 5.25 Å². The van der Waals surface area contributed by atoms with Crippen LogP contribution in [0, 0.1) is 0 Å². The van der Waals surface area contributed by atoms with Crippen molar-refractivity contribution in [3.63, 3.8) is 0 Å². The molecule has 1 heterocycles. The maximum atomic E-state index is 11.7. The summed E-state index contributed by atoms with van der Waals surface area (Å²) in [5.74, 6) is 0. The van der Waals surface area contributed by atoms with Gasteiger partial charge in [-0.15, -0.1) is 0 Å². The molecule has 1 aliphatic rings. The first kappa shape index (κ1) is 14.9. The molecule has 5 heteroatoms. The summed E-state index contributed by atoms with van der Waals surface area (Å²) in [6.07, 6.45) is 0. The van der Waals surface area contributed by atoms with E-state index >= 15 is 0 Å². The Balaban J connectivity index is 0.000000921. The van der Waals surface area contributed by atoms with E-state index < -0.39 is 10.0 Å². The third kappa shape index (κ3) is 4.09. The molecule has 0 saturated carbocycles. The first-order valence-corrected chi connectivity index (χ1v) is 7.12. The Morgan fingerprint density at radius 1 is 1.00 bits per heavy atom. The van der Waals surface area contributed by atoms with Crippen LogP contribution in [0.15, 0.2) is 0 Å². The maximum Gasteiger partial charge on any atom is 0.216 e. The summed E-state index contributed by atoms with van der Waals surface area (Å²) in [5, 5.41) is -0.295. The number of piperazine rings is 1. The minimum absolute atomic E-state index is 0.295. The van der Waals surface area contributed by atoms with Crippen molar-refractivity contribution >= 4 is 10.0 Å². The molecule has 0 N–H and O–H groups in total. The zero-order valence-corrected chi connectivity index (χ0v) is 11.3. The smallest absolute Gasteiger partial charge is 0.216 e. The van der Waals surface area contributed by atoms with Crippen LogP contribution in [-0.2, 0) is 10.0 Å². The summed E-state index contributed by atoms with van der Waals surface area (Å²) in [6.45, 7) is 10.4. The van der Waals surface area contributed by atoms with Crippen molar-refractivity contribution in [3.8, 4) is 0 Å². The van der Waals surface area contributed by atoms with E-state index in [1.54, 1.807) is 18.2 Å². The Morgan fingerprint density at radius 2 is 1.40 bits per heavy atom. The second-order valence-corrected chi connectivity index (χ2v) is 6.29. The van der Waals surface area contributed by atoms with Gasteiger partial charge >= 0.3 is 0 Å². The number of likely N-dealkylation sites (N-methyl/N-ethyl adjacent to an activating group) is 1. The fourth-order valence-corrected chi connectivity index (χ4v) is 2.61. The van der Waals surface area contributed by atoms with Gasteiger partial charge in [-0.25, -0.2) is 8.42 Å². The molecular formula is C10H24N2O2S. The monoisotopic (exact) mass is 236 g/mol. The normalized spacial score (nSPS) is 19.9. The minimum Gasteiger partial charge on any atom is -0.304 e. The van der Waals surface area contributed by atoms with E-state index in [-0.39, 0.29) is 5.25 Å². The molecule has 0 aliphatic carbocycles. The van der Waals surface area contributed by atoms with Crippen molar-refractivity contribution in [3.05, 3.63) is 0 Å². The van der Waals surface area contributed by atoms with Gasteiger partial charge in [-0.2, -0.15) is 4.31 Å². The zero-order valence-electron chi connectivity index (χ0n) is 10.5. The number of hydrogen-bond donors (Lipinski definition) is 0. The Morgan fingerprint density at radius 3 is 1.73 bits per heavy atom. The van der Waals surface area contributed by atoms with Crippen LogP contribution in [0.1, 0.15) is 27.7 Å². The molecule has 0 amide bonds. The topological polar surface area (TPSA) is 40.6 Å². The lowest BCUT2D eigenvalue weighted by molar-refractivity contribution is 0.221. The molecular weight excluding hydrogens is 212 g/mol. The van der Waals surface area contributed by atoms with Gasteiger partial charge in [0.2, 0.25) is 10.0 Å². The predicted molar refractivity (Wildman–Crippen MR) is 64.5 cm³/mol. The van der Waals surface area contributed by atoms with Gasteiger partial charge in [0.25, 0.3) is 0 Å². The SMILES string of the molecule is CC.CC(C)S(=O)(=O)N1CCN(C)CC1.